The van der Waals surface area contributed by atoms with Crippen molar-refractivity contribution in [2.24, 2.45) is 4.40 Å². The third-order valence-electron chi connectivity index (χ3n) is 3.93. The quantitative estimate of drug-likeness (QED) is 0.871. The maximum absolute atomic E-state index is 12.5. The number of amides is 1. The first kappa shape index (κ1) is 17.9. The zero-order valence-corrected chi connectivity index (χ0v) is 15.3. The fourth-order valence-corrected chi connectivity index (χ4v) is 3.74. The highest BCUT2D eigenvalue weighted by molar-refractivity contribution is 7.90. The number of fused-ring (bicyclic) bond motifs is 1. The number of methoxy groups -OCH3 is 1. The van der Waals surface area contributed by atoms with E-state index in [0.717, 1.165) is 6.42 Å². The number of rotatable bonds is 5. The molecular formula is C18H19N3O4S. The average Bonchev–Trinajstić information content (AvgIpc) is 2.64. The molecule has 8 heteroatoms. The highest BCUT2D eigenvalue weighted by Crippen LogP contribution is 2.31. The van der Waals surface area contributed by atoms with Gasteiger partial charge in [-0.25, -0.2) is 0 Å². The molecule has 2 aromatic rings. The van der Waals surface area contributed by atoms with Gasteiger partial charge in [0.05, 0.1) is 12.8 Å². The number of hydrogen-bond acceptors (Lipinski definition) is 5. The largest absolute Gasteiger partial charge is 0.497 e. The second-order valence-corrected chi connectivity index (χ2v) is 7.36. The monoisotopic (exact) mass is 373 g/mol. The molecule has 0 saturated carbocycles. The SMILES string of the molecule is CCCN1C=NS(=O)(=O)c2cc(C(=O)Nc3cccc(OC)c3)ccc21. The van der Waals surface area contributed by atoms with Crippen LogP contribution in [0.1, 0.15) is 23.7 Å². The van der Waals surface area contributed by atoms with E-state index in [2.05, 4.69) is 9.71 Å². The minimum Gasteiger partial charge on any atom is -0.497 e. The molecule has 1 heterocycles. The average molecular weight is 373 g/mol. The van der Waals surface area contributed by atoms with E-state index < -0.39 is 15.9 Å². The molecule has 0 saturated heterocycles. The fraction of sp³-hybridized carbons (Fsp3) is 0.222. The van der Waals surface area contributed by atoms with Gasteiger partial charge in [0.1, 0.15) is 17.0 Å². The number of nitrogens with one attached hydrogen (secondary N) is 1. The van der Waals surface area contributed by atoms with E-state index in [4.69, 9.17) is 4.74 Å². The number of nitrogens with zero attached hydrogens (tertiary/aromatic N) is 2. The van der Waals surface area contributed by atoms with Crippen LogP contribution in [0.15, 0.2) is 51.8 Å². The Morgan fingerprint density at radius 3 is 2.77 bits per heavy atom. The van der Waals surface area contributed by atoms with Gasteiger partial charge < -0.3 is 15.0 Å². The summed E-state index contributed by atoms with van der Waals surface area (Å²) < 4.78 is 33.3. The summed E-state index contributed by atoms with van der Waals surface area (Å²) in [5.74, 6) is 0.202. The molecule has 0 bridgehead atoms. The summed E-state index contributed by atoms with van der Waals surface area (Å²) >= 11 is 0. The van der Waals surface area contributed by atoms with Crippen molar-refractivity contribution in [3.8, 4) is 5.75 Å². The van der Waals surface area contributed by atoms with Gasteiger partial charge in [-0.1, -0.05) is 13.0 Å². The minimum absolute atomic E-state index is 0.0340. The second kappa shape index (κ2) is 7.17. The predicted molar refractivity (Wildman–Crippen MR) is 101 cm³/mol. The predicted octanol–water partition coefficient (Wildman–Crippen LogP) is 2.89. The van der Waals surface area contributed by atoms with Crippen molar-refractivity contribution in [1.82, 2.24) is 0 Å². The number of ether oxygens (including phenoxy) is 1. The summed E-state index contributed by atoms with van der Waals surface area (Å²) in [6.45, 7) is 2.63. The molecule has 0 aromatic heterocycles. The Kier molecular flexibility index (Phi) is 4.94. The normalized spacial score (nSPS) is 14.6. The van der Waals surface area contributed by atoms with E-state index >= 15 is 0 Å². The van der Waals surface area contributed by atoms with Crippen molar-refractivity contribution >= 4 is 33.6 Å². The van der Waals surface area contributed by atoms with E-state index in [1.54, 1.807) is 41.3 Å². The number of hydrogen-bond donors (Lipinski definition) is 1. The van der Waals surface area contributed by atoms with Gasteiger partial charge in [0.25, 0.3) is 15.9 Å². The van der Waals surface area contributed by atoms with Crippen LogP contribution in [0, 0.1) is 0 Å². The maximum atomic E-state index is 12.5. The molecule has 0 radical (unpaired) electrons. The lowest BCUT2D eigenvalue weighted by atomic mass is 10.1. The van der Waals surface area contributed by atoms with Crippen molar-refractivity contribution in [1.29, 1.82) is 0 Å². The lowest BCUT2D eigenvalue weighted by molar-refractivity contribution is 0.102. The summed E-state index contributed by atoms with van der Waals surface area (Å²) in [5.41, 5.74) is 1.32. The van der Waals surface area contributed by atoms with Gasteiger partial charge in [0, 0.05) is 23.9 Å². The lowest BCUT2D eigenvalue weighted by Crippen LogP contribution is -2.28. The van der Waals surface area contributed by atoms with Crippen LogP contribution in [0.4, 0.5) is 11.4 Å². The van der Waals surface area contributed by atoms with Gasteiger partial charge in [-0.2, -0.15) is 8.42 Å². The highest BCUT2D eigenvalue weighted by atomic mass is 32.2. The summed E-state index contributed by atoms with van der Waals surface area (Å²) in [6.07, 6.45) is 2.15. The van der Waals surface area contributed by atoms with Crippen LogP contribution in [0.25, 0.3) is 0 Å². The molecule has 26 heavy (non-hydrogen) atoms. The summed E-state index contributed by atoms with van der Waals surface area (Å²) in [7, 11) is -2.27. The first-order chi connectivity index (χ1) is 12.4. The summed E-state index contributed by atoms with van der Waals surface area (Å²) in [4.78, 5) is 14.3. The van der Waals surface area contributed by atoms with Crippen LogP contribution in [0.3, 0.4) is 0 Å². The van der Waals surface area contributed by atoms with Gasteiger partial charge in [-0.05, 0) is 36.8 Å². The molecule has 0 aliphatic carbocycles. The number of sulfonamides is 1. The van der Waals surface area contributed by atoms with Gasteiger partial charge in [0.15, 0.2) is 0 Å². The Balaban J connectivity index is 1.91. The molecule has 0 unspecified atom stereocenters. The Hall–Kier alpha value is -2.87. The Morgan fingerprint density at radius 1 is 1.23 bits per heavy atom. The minimum atomic E-state index is -3.81. The molecule has 1 amide bonds. The topological polar surface area (TPSA) is 88.1 Å². The number of carbonyl (C=O) groups excluding carboxylic acids is 1. The first-order valence-electron chi connectivity index (χ1n) is 8.11. The zero-order chi connectivity index (χ0) is 18.7. The van der Waals surface area contributed by atoms with Crippen LogP contribution >= 0.6 is 0 Å². The highest BCUT2D eigenvalue weighted by Gasteiger charge is 2.26. The van der Waals surface area contributed by atoms with E-state index in [1.807, 2.05) is 6.92 Å². The van der Waals surface area contributed by atoms with Crippen LogP contribution in [-0.4, -0.2) is 34.3 Å². The molecule has 0 spiro atoms. The van der Waals surface area contributed by atoms with Gasteiger partial charge in [-0.3, -0.25) is 4.79 Å². The number of anilines is 2. The summed E-state index contributed by atoms with van der Waals surface area (Å²) in [5, 5.41) is 2.74. The van der Waals surface area contributed by atoms with Gasteiger partial charge in [0.2, 0.25) is 0 Å². The Bertz CT molecular complexity index is 970. The molecule has 7 nitrogen and oxygen atoms in total. The molecule has 0 fully saturated rings. The molecule has 0 atom stereocenters. The smallest absolute Gasteiger partial charge is 0.285 e. The zero-order valence-electron chi connectivity index (χ0n) is 14.5. The third kappa shape index (κ3) is 3.55. The standard InChI is InChI=1S/C18H19N3O4S/c1-3-9-21-12-19-26(23,24)17-10-13(7-8-16(17)21)18(22)20-14-5-4-6-15(11-14)25-2/h4-8,10-12H,3,9H2,1-2H3,(H,20,22). The third-order valence-corrected chi connectivity index (χ3v) is 5.18. The van der Waals surface area contributed by atoms with Crippen LogP contribution in [-0.2, 0) is 10.0 Å². The molecule has 1 aliphatic rings. The van der Waals surface area contributed by atoms with Crippen molar-refractivity contribution in [2.75, 3.05) is 23.9 Å². The second-order valence-electron chi connectivity index (χ2n) is 5.76. The van der Waals surface area contributed by atoms with Crippen LogP contribution in [0.5, 0.6) is 5.75 Å². The van der Waals surface area contributed by atoms with Crippen molar-refractivity contribution in [3.05, 3.63) is 48.0 Å². The molecular weight excluding hydrogens is 354 g/mol. The maximum Gasteiger partial charge on any atom is 0.285 e. The molecule has 3 rings (SSSR count). The Labute approximate surface area is 152 Å². The van der Waals surface area contributed by atoms with E-state index in [0.29, 0.717) is 23.7 Å². The van der Waals surface area contributed by atoms with E-state index in [1.165, 1.54) is 19.5 Å². The van der Waals surface area contributed by atoms with E-state index in [-0.39, 0.29) is 10.5 Å². The number of benzene rings is 2. The first-order valence-corrected chi connectivity index (χ1v) is 9.55. The van der Waals surface area contributed by atoms with E-state index in [9.17, 15) is 13.2 Å². The number of carbonyl (C=O) groups is 1. The Morgan fingerprint density at radius 2 is 2.04 bits per heavy atom. The molecule has 1 N–H and O–H groups in total. The van der Waals surface area contributed by atoms with Crippen LogP contribution < -0.4 is 15.0 Å². The lowest BCUT2D eigenvalue weighted by Gasteiger charge is -2.25. The molecule has 136 valence electrons. The van der Waals surface area contributed by atoms with Crippen LogP contribution in [0.2, 0.25) is 0 Å². The van der Waals surface area contributed by atoms with Crippen molar-refractivity contribution in [3.63, 3.8) is 0 Å². The fourth-order valence-electron chi connectivity index (χ4n) is 2.66. The van der Waals surface area contributed by atoms with Gasteiger partial charge in [-0.15, -0.1) is 4.40 Å². The van der Waals surface area contributed by atoms with Gasteiger partial charge >= 0.3 is 0 Å². The summed E-state index contributed by atoms with van der Waals surface area (Å²) in [6, 6.07) is 11.5. The molecule has 2 aromatic carbocycles. The van der Waals surface area contributed by atoms with Crippen molar-refractivity contribution < 1.29 is 17.9 Å². The molecule has 1 aliphatic heterocycles. The van der Waals surface area contributed by atoms with Crippen molar-refractivity contribution in [2.45, 2.75) is 18.2 Å².